The molecule has 1 aliphatic rings. The van der Waals surface area contributed by atoms with Crippen LogP contribution < -0.4 is 0 Å². The van der Waals surface area contributed by atoms with Crippen LogP contribution in [0.2, 0.25) is 0 Å². The minimum atomic E-state index is -0.790. The van der Waals surface area contributed by atoms with E-state index >= 15 is 0 Å². The third kappa shape index (κ3) is 2.78. The van der Waals surface area contributed by atoms with Crippen molar-refractivity contribution in [1.82, 2.24) is 4.98 Å². The molecule has 1 saturated carbocycles. The predicted octanol–water partition coefficient (Wildman–Crippen LogP) is 3.97. The van der Waals surface area contributed by atoms with Crippen molar-refractivity contribution in [2.24, 2.45) is 0 Å². The lowest BCUT2D eigenvalue weighted by Crippen LogP contribution is -2.03. The van der Waals surface area contributed by atoms with E-state index in [4.69, 9.17) is 10.1 Å². The molecular weight excluding hydrogens is 258 g/mol. The van der Waals surface area contributed by atoms with Crippen LogP contribution in [0.1, 0.15) is 48.6 Å². The van der Waals surface area contributed by atoms with Crippen LogP contribution in [0.5, 0.6) is 0 Å². The summed E-state index contributed by atoms with van der Waals surface area (Å²) in [6.45, 7) is 0. The van der Waals surface area contributed by atoms with Crippen LogP contribution in [0.4, 0.5) is 0 Å². The first-order chi connectivity index (χ1) is 9.22. The smallest absolute Gasteiger partial charge is 0.307 e. The van der Waals surface area contributed by atoms with E-state index in [1.807, 2.05) is 18.2 Å². The van der Waals surface area contributed by atoms with Crippen LogP contribution >= 0.6 is 11.3 Å². The zero-order valence-corrected chi connectivity index (χ0v) is 11.6. The molecule has 0 bridgehead atoms. The summed E-state index contributed by atoms with van der Waals surface area (Å²) in [5, 5.41) is 10.1. The van der Waals surface area contributed by atoms with E-state index in [-0.39, 0.29) is 6.42 Å². The second-order valence-electron chi connectivity index (χ2n) is 5.26. The molecule has 1 aliphatic carbocycles. The monoisotopic (exact) mass is 275 g/mol. The van der Waals surface area contributed by atoms with E-state index in [0.29, 0.717) is 5.92 Å². The van der Waals surface area contributed by atoms with Gasteiger partial charge in [-0.1, -0.05) is 25.3 Å². The molecule has 0 amide bonds. The van der Waals surface area contributed by atoms with Gasteiger partial charge in [-0.3, -0.25) is 4.79 Å². The highest BCUT2D eigenvalue weighted by Gasteiger charge is 2.19. The summed E-state index contributed by atoms with van der Waals surface area (Å²) in [4.78, 5) is 15.5. The van der Waals surface area contributed by atoms with Gasteiger partial charge in [-0.2, -0.15) is 0 Å². The molecule has 1 aromatic heterocycles. The molecule has 4 heteroatoms. The zero-order valence-electron chi connectivity index (χ0n) is 10.8. The Hall–Kier alpha value is -1.42. The molecule has 0 spiro atoms. The van der Waals surface area contributed by atoms with E-state index in [2.05, 4.69) is 0 Å². The number of fused-ring (bicyclic) bond motifs is 1. The standard InChI is InChI=1S/C15H17NO2S/c17-14(18)9-10-6-7-13-12(8-10)16-15(19-13)11-4-2-1-3-5-11/h6-8,11H,1-5,9H2,(H,17,18). The van der Waals surface area contributed by atoms with Crippen molar-refractivity contribution in [3.05, 3.63) is 28.8 Å². The van der Waals surface area contributed by atoms with Gasteiger partial charge in [0.2, 0.25) is 0 Å². The number of aliphatic carboxylic acids is 1. The van der Waals surface area contributed by atoms with Crippen molar-refractivity contribution >= 4 is 27.5 Å². The van der Waals surface area contributed by atoms with Crippen LogP contribution in [-0.4, -0.2) is 16.1 Å². The summed E-state index contributed by atoms with van der Waals surface area (Å²) in [7, 11) is 0. The zero-order chi connectivity index (χ0) is 13.2. The molecule has 1 aromatic carbocycles. The molecule has 0 unspecified atom stereocenters. The second-order valence-corrected chi connectivity index (χ2v) is 6.32. The molecule has 1 fully saturated rings. The first kappa shape index (κ1) is 12.6. The molecule has 3 rings (SSSR count). The number of aromatic nitrogens is 1. The molecule has 0 atom stereocenters. The quantitative estimate of drug-likeness (QED) is 0.922. The molecule has 100 valence electrons. The Balaban J connectivity index is 1.89. The number of carbonyl (C=O) groups is 1. The topological polar surface area (TPSA) is 50.2 Å². The van der Waals surface area contributed by atoms with E-state index in [1.54, 1.807) is 11.3 Å². The Morgan fingerprint density at radius 2 is 2.11 bits per heavy atom. The summed E-state index contributed by atoms with van der Waals surface area (Å²) in [5.74, 6) is -0.170. The van der Waals surface area contributed by atoms with Gasteiger partial charge in [0, 0.05) is 5.92 Å². The minimum Gasteiger partial charge on any atom is -0.481 e. The average Bonchev–Trinajstić information content (AvgIpc) is 2.82. The molecule has 2 aromatic rings. The third-order valence-electron chi connectivity index (χ3n) is 3.78. The number of thiazole rings is 1. The van der Waals surface area contributed by atoms with Gasteiger partial charge < -0.3 is 5.11 Å². The van der Waals surface area contributed by atoms with Crippen molar-refractivity contribution in [2.45, 2.75) is 44.4 Å². The lowest BCUT2D eigenvalue weighted by Gasteiger charge is -2.18. The summed E-state index contributed by atoms with van der Waals surface area (Å²) < 4.78 is 1.18. The fourth-order valence-electron chi connectivity index (χ4n) is 2.80. The van der Waals surface area contributed by atoms with Crippen molar-refractivity contribution in [2.75, 3.05) is 0 Å². The van der Waals surface area contributed by atoms with Gasteiger partial charge in [-0.05, 0) is 30.5 Å². The van der Waals surface area contributed by atoms with Gasteiger partial charge in [0.25, 0.3) is 0 Å². The largest absolute Gasteiger partial charge is 0.481 e. The summed E-state index contributed by atoms with van der Waals surface area (Å²) >= 11 is 1.77. The van der Waals surface area contributed by atoms with E-state index in [9.17, 15) is 4.79 Å². The van der Waals surface area contributed by atoms with Gasteiger partial charge in [0.1, 0.15) is 0 Å². The summed E-state index contributed by atoms with van der Waals surface area (Å²) in [6.07, 6.45) is 6.55. The predicted molar refractivity (Wildman–Crippen MR) is 76.8 cm³/mol. The molecular formula is C15H17NO2S. The first-order valence-corrected chi connectivity index (χ1v) is 7.65. The maximum absolute atomic E-state index is 10.7. The van der Waals surface area contributed by atoms with Crippen LogP contribution in [0.3, 0.4) is 0 Å². The molecule has 0 saturated heterocycles. The number of hydrogen-bond acceptors (Lipinski definition) is 3. The Morgan fingerprint density at radius 3 is 2.84 bits per heavy atom. The SMILES string of the molecule is O=C(O)Cc1ccc2sc(C3CCCCC3)nc2c1. The Labute approximate surface area is 116 Å². The Morgan fingerprint density at radius 1 is 1.32 bits per heavy atom. The highest BCUT2D eigenvalue weighted by molar-refractivity contribution is 7.18. The fraction of sp³-hybridized carbons (Fsp3) is 0.467. The molecule has 3 nitrogen and oxygen atoms in total. The van der Waals surface area contributed by atoms with Crippen LogP contribution in [-0.2, 0) is 11.2 Å². The highest BCUT2D eigenvalue weighted by Crippen LogP contribution is 2.36. The van der Waals surface area contributed by atoms with Crippen LogP contribution in [0, 0.1) is 0 Å². The molecule has 19 heavy (non-hydrogen) atoms. The first-order valence-electron chi connectivity index (χ1n) is 6.83. The molecule has 0 radical (unpaired) electrons. The lowest BCUT2D eigenvalue weighted by molar-refractivity contribution is -0.136. The van der Waals surface area contributed by atoms with Crippen molar-refractivity contribution in [3.8, 4) is 0 Å². The number of carboxylic acid groups (broad SMARTS) is 1. The van der Waals surface area contributed by atoms with Gasteiger partial charge in [0.05, 0.1) is 21.6 Å². The van der Waals surface area contributed by atoms with Crippen molar-refractivity contribution in [3.63, 3.8) is 0 Å². The van der Waals surface area contributed by atoms with E-state index in [0.717, 1.165) is 11.1 Å². The summed E-state index contributed by atoms with van der Waals surface area (Å²) in [5.41, 5.74) is 1.80. The van der Waals surface area contributed by atoms with Gasteiger partial charge in [-0.15, -0.1) is 11.3 Å². The van der Waals surface area contributed by atoms with Crippen molar-refractivity contribution < 1.29 is 9.90 Å². The second kappa shape index (κ2) is 5.29. The molecule has 1 N–H and O–H groups in total. The van der Waals surface area contributed by atoms with Crippen LogP contribution in [0.25, 0.3) is 10.2 Å². The Kier molecular flexibility index (Phi) is 3.51. The number of carboxylic acids is 1. The van der Waals surface area contributed by atoms with Crippen molar-refractivity contribution in [1.29, 1.82) is 0 Å². The van der Waals surface area contributed by atoms with E-state index < -0.39 is 5.97 Å². The van der Waals surface area contributed by atoms with Gasteiger partial charge in [0.15, 0.2) is 0 Å². The normalized spacial score (nSPS) is 16.8. The third-order valence-corrected chi connectivity index (χ3v) is 4.98. The molecule has 1 heterocycles. The average molecular weight is 275 g/mol. The van der Waals surface area contributed by atoms with Crippen LogP contribution in [0.15, 0.2) is 18.2 Å². The lowest BCUT2D eigenvalue weighted by atomic mass is 9.90. The fourth-order valence-corrected chi connectivity index (χ4v) is 3.92. The maximum Gasteiger partial charge on any atom is 0.307 e. The number of rotatable bonds is 3. The Bertz CT molecular complexity index is 599. The van der Waals surface area contributed by atoms with Gasteiger partial charge in [-0.25, -0.2) is 4.98 Å². The number of hydrogen-bond donors (Lipinski definition) is 1. The maximum atomic E-state index is 10.7. The minimum absolute atomic E-state index is 0.0756. The van der Waals surface area contributed by atoms with Gasteiger partial charge >= 0.3 is 5.97 Å². The summed E-state index contributed by atoms with van der Waals surface area (Å²) in [6, 6.07) is 5.84. The molecule has 0 aliphatic heterocycles. The highest BCUT2D eigenvalue weighted by atomic mass is 32.1. The number of nitrogens with zero attached hydrogens (tertiary/aromatic N) is 1. The number of benzene rings is 1. The van der Waals surface area contributed by atoms with E-state index in [1.165, 1.54) is 41.8 Å².